The summed E-state index contributed by atoms with van der Waals surface area (Å²) in [7, 11) is -0.512. The molecule has 0 rings (SSSR count). The molecule has 0 radical (unpaired) electrons. The van der Waals surface area contributed by atoms with Crippen LogP contribution in [-0.2, 0) is 14.0 Å². The van der Waals surface area contributed by atoms with E-state index in [0.29, 0.717) is 6.42 Å². The van der Waals surface area contributed by atoms with Gasteiger partial charge in [-0.2, -0.15) is 0 Å². The van der Waals surface area contributed by atoms with Crippen molar-refractivity contribution in [2.45, 2.75) is 70.7 Å². The minimum Gasteiger partial charge on any atom is -0.466 e. The molecule has 4 heteroatoms. The summed E-state index contributed by atoms with van der Waals surface area (Å²) in [6.45, 7) is 15.2. The van der Waals surface area contributed by atoms with Crippen molar-refractivity contribution in [2.75, 3.05) is 7.11 Å². The van der Waals surface area contributed by atoms with Gasteiger partial charge in [-0.25, -0.2) is 4.79 Å². The number of hydrogen-bond acceptors (Lipinski definition) is 3. The summed E-state index contributed by atoms with van der Waals surface area (Å²) >= 11 is 0. The first-order chi connectivity index (χ1) is 11.1. The van der Waals surface area contributed by atoms with Crippen LogP contribution in [0.5, 0.6) is 0 Å². The molecule has 0 saturated carbocycles. The van der Waals surface area contributed by atoms with Crippen LogP contribution in [0, 0.1) is 18.3 Å². The number of carbonyl (C=O) groups is 1. The van der Waals surface area contributed by atoms with E-state index in [1.54, 1.807) is 0 Å². The van der Waals surface area contributed by atoms with Crippen LogP contribution >= 0.6 is 0 Å². The quantitative estimate of drug-likeness (QED) is 0.181. The third kappa shape index (κ3) is 7.99. The van der Waals surface area contributed by atoms with Gasteiger partial charge < -0.3 is 9.16 Å². The Morgan fingerprint density at radius 1 is 1.33 bits per heavy atom. The third-order valence-corrected chi connectivity index (χ3v) is 9.23. The van der Waals surface area contributed by atoms with Gasteiger partial charge in [0, 0.05) is 18.4 Å². The van der Waals surface area contributed by atoms with Gasteiger partial charge in [0.2, 0.25) is 0 Å². The molecule has 24 heavy (non-hydrogen) atoms. The van der Waals surface area contributed by atoms with Crippen molar-refractivity contribution in [1.29, 1.82) is 0 Å². The summed E-state index contributed by atoms with van der Waals surface area (Å²) < 4.78 is 11.3. The summed E-state index contributed by atoms with van der Waals surface area (Å²) in [6.07, 6.45) is 13.9. The minimum absolute atomic E-state index is 0.0686. The van der Waals surface area contributed by atoms with Crippen LogP contribution in [-0.4, -0.2) is 27.5 Å². The van der Waals surface area contributed by atoms with E-state index < -0.39 is 8.32 Å². The Balaban J connectivity index is 5.08. The molecule has 2 atom stereocenters. The smallest absolute Gasteiger partial charge is 0.330 e. The average molecular weight is 351 g/mol. The lowest BCUT2D eigenvalue weighted by molar-refractivity contribution is -0.134. The van der Waals surface area contributed by atoms with Crippen LogP contribution in [0.15, 0.2) is 24.8 Å². The van der Waals surface area contributed by atoms with Gasteiger partial charge in [0.25, 0.3) is 0 Å². The number of rotatable bonds is 10. The number of methoxy groups -OCH3 is 1. The van der Waals surface area contributed by atoms with E-state index in [2.05, 4.69) is 51.1 Å². The molecule has 0 saturated heterocycles. The number of hydrogen-bond donors (Lipinski definition) is 0. The van der Waals surface area contributed by atoms with Crippen molar-refractivity contribution < 1.29 is 14.0 Å². The molecule has 0 amide bonds. The molecule has 0 aliphatic carbocycles. The molecule has 0 aliphatic rings. The van der Waals surface area contributed by atoms with Gasteiger partial charge in [-0.1, -0.05) is 32.9 Å². The van der Waals surface area contributed by atoms with Crippen molar-refractivity contribution in [3.63, 3.8) is 0 Å². The number of ether oxygens (including phenoxy) is 1. The summed E-state index contributed by atoms with van der Waals surface area (Å²) in [5.41, 5.74) is 0. The van der Waals surface area contributed by atoms with Crippen molar-refractivity contribution >= 4 is 14.3 Å². The maximum atomic E-state index is 11.2. The summed E-state index contributed by atoms with van der Waals surface area (Å²) in [6, 6.07) is 0. The second kappa shape index (κ2) is 10.5. The molecule has 0 fully saturated rings. The second-order valence-corrected chi connectivity index (χ2v) is 12.3. The van der Waals surface area contributed by atoms with E-state index in [9.17, 15) is 4.79 Å². The predicted molar refractivity (Wildman–Crippen MR) is 104 cm³/mol. The number of allylic oxidation sites excluding steroid dienone is 1. The topological polar surface area (TPSA) is 35.5 Å². The minimum atomic E-state index is -1.89. The summed E-state index contributed by atoms with van der Waals surface area (Å²) in [4.78, 5) is 11.2. The third-order valence-electron chi connectivity index (χ3n) is 4.73. The number of terminal acetylenes is 1. The molecule has 3 nitrogen and oxygen atoms in total. The Kier molecular flexibility index (Phi) is 9.95. The maximum Gasteiger partial charge on any atom is 0.330 e. The monoisotopic (exact) mass is 350 g/mol. The zero-order valence-corrected chi connectivity index (χ0v) is 17.2. The predicted octanol–water partition coefficient (Wildman–Crippen LogP) is 5.10. The fraction of sp³-hybridized carbons (Fsp3) is 0.650. The molecule has 0 aromatic carbocycles. The first kappa shape index (κ1) is 22.7. The number of esters is 1. The molecule has 0 aromatic heterocycles. The van der Waals surface area contributed by atoms with Gasteiger partial charge >= 0.3 is 5.97 Å². The fourth-order valence-corrected chi connectivity index (χ4v) is 3.53. The van der Waals surface area contributed by atoms with Crippen LogP contribution in [0.2, 0.25) is 18.1 Å². The van der Waals surface area contributed by atoms with Crippen molar-refractivity contribution in [3.05, 3.63) is 24.8 Å². The van der Waals surface area contributed by atoms with Crippen molar-refractivity contribution in [3.8, 4) is 12.3 Å². The lowest BCUT2D eigenvalue weighted by Gasteiger charge is -2.41. The zero-order valence-electron chi connectivity index (χ0n) is 16.2. The van der Waals surface area contributed by atoms with E-state index in [-0.39, 0.29) is 23.0 Å². The van der Waals surface area contributed by atoms with Crippen LogP contribution < -0.4 is 0 Å². The highest BCUT2D eigenvalue weighted by molar-refractivity contribution is 6.74. The van der Waals surface area contributed by atoms with Gasteiger partial charge in [0.1, 0.15) is 0 Å². The molecule has 0 N–H and O–H groups in total. The van der Waals surface area contributed by atoms with Gasteiger partial charge in [0.05, 0.1) is 13.2 Å². The van der Waals surface area contributed by atoms with E-state index in [0.717, 1.165) is 19.3 Å². The SMILES string of the molecule is C#CCCC(C=C)[C@@H](CC/C=C\C(=O)OC)O[Si](C)(C)C(C)(C)C. The first-order valence-electron chi connectivity index (χ1n) is 8.57. The van der Waals surface area contributed by atoms with Gasteiger partial charge in [-0.3, -0.25) is 0 Å². The molecule has 1 unspecified atom stereocenters. The Hall–Kier alpha value is -1.31. The fourth-order valence-electron chi connectivity index (χ4n) is 2.13. The maximum absolute atomic E-state index is 11.2. The van der Waals surface area contributed by atoms with E-state index >= 15 is 0 Å². The normalized spacial score (nSPS) is 14.9. The van der Waals surface area contributed by atoms with Gasteiger partial charge in [-0.15, -0.1) is 18.9 Å². The molecule has 0 spiro atoms. The lowest BCUT2D eigenvalue weighted by Crippen LogP contribution is -2.45. The van der Waals surface area contributed by atoms with E-state index in [1.807, 2.05) is 12.2 Å². The van der Waals surface area contributed by atoms with E-state index in [4.69, 9.17) is 10.8 Å². The molecule has 0 bridgehead atoms. The zero-order chi connectivity index (χ0) is 18.8. The highest BCUT2D eigenvalue weighted by Gasteiger charge is 2.40. The molecule has 0 aliphatic heterocycles. The Morgan fingerprint density at radius 3 is 2.42 bits per heavy atom. The summed E-state index contributed by atoms with van der Waals surface area (Å²) in [5, 5.41) is 0.144. The molecule has 0 heterocycles. The van der Waals surface area contributed by atoms with Crippen LogP contribution in [0.25, 0.3) is 0 Å². The lowest BCUT2D eigenvalue weighted by atomic mass is 9.94. The highest BCUT2D eigenvalue weighted by atomic mass is 28.4. The van der Waals surface area contributed by atoms with Crippen molar-refractivity contribution in [2.24, 2.45) is 5.92 Å². The van der Waals surface area contributed by atoms with Crippen LogP contribution in [0.3, 0.4) is 0 Å². The molecular weight excluding hydrogens is 316 g/mol. The second-order valence-electron chi connectivity index (χ2n) is 7.56. The highest BCUT2D eigenvalue weighted by Crippen LogP contribution is 2.39. The Morgan fingerprint density at radius 2 is 1.96 bits per heavy atom. The number of carbonyl (C=O) groups excluding carboxylic acids is 1. The van der Waals surface area contributed by atoms with Gasteiger partial charge in [-0.05, 0) is 37.4 Å². The average Bonchev–Trinajstić information content (AvgIpc) is 2.50. The molecular formula is C20H34O3Si. The molecule has 0 aromatic rings. The standard InChI is InChI=1S/C20H34O3Si/c1-9-11-14-17(10-2)18(15-12-13-16-19(21)22-6)23-24(7,8)20(3,4)5/h1,10,13,16-18H,2,11-12,14-15H2,3-8H3/b16-13-/t17?,18-/m1/s1. The first-order valence-corrected chi connectivity index (χ1v) is 11.5. The Bertz CT molecular complexity index is 466. The van der Waals surface area contributed by atoms with Gasteiger partial charge in [0.15, 0.2) is 8.32 Å². The van der Waals surface area contributed by atoms with E-state index in [1.165, 1.54) is 13.2 Å². The van der Waals surface area contributed by atoms with Crippen LogP contribution in [0.4, 0.5) is 0 Å². The van der Waals surface area contributed by atoms with Crippen molar-refractivity contribution in [1.82, 2.24) is 0 Å². The molecule has 136 valence electrons. The summed E-state index contributed by atoms with van der Waals surface area (Å²) in [5.74, 6) is 2.60. The van der Waals surface area contributed by atoms with Crippen LogP contribution in [0.1, 0.15) is 46.5 Å². The Labute approximate surface area is 149 Å². The largest absolute Gasteiger partial charge is 0.466 e.